The molecule has 3 heteroatoms. The minimum Gasteiger partial charge on any atom is -0.491 e. The average Bonchev–Trinajstić information content (AvgIpc) is 2.98. The second-order valence-electron chi connectivity index (χ2n) is 5.97. The highest BCUT2D eigenvalue weighted by atomic mass is 16.5. The fourth-order valence-corrected chi connectivity index (χ4v) is 2.91. The molecule has 0 aromatic heterocycles. The first-order valence-electron chi connectivity index (χ1n) is 7.76. The number of para-hydroxylation sites is 1. The van der Waals surface area contributed by atoms with Gasteiger partial charge in [0.15, 0.2) is 0 Å². The van der Waals surface area contributed by atoms with Gasteiger partial charge in [0.2, 0.25) is 0 Å². The van der Waals surface area contributed by atoms with Gasteiger partial charge in [0.25, 0.3) is 0 Å². The summed E-state index contributed by atoms with van der Waals surface area (Å²) in [5.41, 5.74) is 1.10. The summed E-state index contributed by atoms with van der Waals surface area (Å²) in [7, 11) is 0. The quantitative estimate of drug-likeness (QED) is 0.805. The number of ether oxygens (including phenoxy) is 1. The van der Waals surface area contributed by atoms with Crippen molar-refractivity contribution < 1.29 is 9.84 Å². The number of aryl methyl sites for hydroxylation is 1. The number of benzene rings is 1. The van der Waals surface area contributed by atoms with Crippen molar-refractivity contribution in [3.8, 4) is 5.75 Å². The van der Waals surface area contributed by atoms with E-state index in [0.717, 1.165) is 17.2 Å². The number of nitrogens with one attached hydrogen (secondary N) is 1. The van der Waals surface area contributed by atoms with Crippen molar-refractivity contribution in [3.05, 3.63) is 29.8 Å². The van der Waals surface area contributed by atoms with E-state index >= 15 is 0 Å². The molecule has 112 valence electrons. The van der Waals surface area contributed by atoms with Crippen molar-refractivity contribution in [2.45, 2.75) is 51.7 Å². The van der Waals surface area contributed by atoms with E-state index in [1.54, 1.807) is 0 Å². The lowest BCUT2D eigenvalue weighted by molar-refractivity contribution is 0.101. The van der Waals surface area contributed by atoms with Crippen LogP contribution >= 0.6 is 0 Å². The summed E-state index contributed by atoms with van der Waals surface area (Å²) in [5, 5.41) is 13.5. The Morgan fingerprint density at radius 2 is 2.00 bits per heavy atom. The van der Waals surface area contributed by atoms with Crippen LogP contribution in [0, 0.1) is 12.8 Å². The van der Waals surface area contributed by atoms with E-state index in [0.29, 0.717) is 19.2 Å². The van der Waals surface area contributed by atoms with E-state index in [-0.39, 0.29) is 0 Å². The predicted molar refractivity (Wildman–Crippen MR) is 82.1 cm³/mol. The summed E-state index contributed by atoms with van der Waals surface area (Å²) < 4.78 is 5.67. The van der Waals surface area contributed by atoms with E-state index in [4.69, 9.17) is 4.74 Å². The third-order valence-corrected chi connectivity index (χ3v) is 4.31. The van der Waals surface area contributed by atoms with Gasteiger partial charge in [-0.15, -0.1) is 0 Å². The van der Waals surface area contributed by atoms with Crippen molar-refractivity contribution in [1.82, 2.24) is 5.32 Å². The van der Waals surface area contributed by atoms with Crippen molar-refractivity contribution in [2.75, 3.05) is 13.2 Å². The van der Waals surface area contributed by atoms with Gasteiger partial charge in [-0.3, -0.25) is 0 Å². The SMILES string of the molecule is Cc1ccccc1OCC(O)CN[C@@H](C)C1CCCC1. The molecule has 0 amide bonds. The molecular weight excluding hydrogens is 250 g/mol. The molecule has 0 heterocycles. The number of hydrogen-bond donors (Lipinski definition) is 2. The van der Waals surface area contributed by atoms with Gasteiger partial charge in [0.05, 0.1) is 0 Å². The molecule has 1 fully saturated rings. The van der Waals surface area contributed by atoms with Crippen LogP contribution in [0.3, 0.4) is 0 Å². The fourth-order valence-electron chi connectivity index (χ4n) is 2.91. The molecule has 1 unspecified atom stereocenters. The van der Waals surface area contributed by atoms with Gasteiger partial charge in [-0.1, -0.05) is 31.0 Å². The largest absolute Gasteiger partial charge is 0.491 e. The summed E-state index contributed by atoms with van der Waals surface area (Å²) in [4.78, 5) is 0. The number of hydrogen-bond acceptors (Lipinski definition) is 3. The minimum atomic E-state index is -0.460. The average molecular weight is 277 g/mol. The standard InChI is InChI=1S/C17H27NO2/c1-13-7-3-6-10-17(13)20-12-16(19)11-18-14(2)15-8-4-5-9-15/h3,6-7,10,14-16,18-19H,4-5,8-9,11-12H2,1-2H3/t14-,16?/m0/s1. The lowest BCUT2D eigenvalue weighted by Crippen LogP contribution is -2.39. The van der Waals surface area contributed by atoms with Gasteiger partial charge in [-0.05, 0) is 44.2 Å². The molecule has 1 aromatic rings. The first-order valence-corrected chi connectivity index (χ1v) is 7.76. The van der Waals surface area contributed by atoms with Crippen molar-refractivity contribution in [1.29, 1.82) is 0 Å². The van der Waals surface area contributed by atoms with Crippen molar-refractivity contribution in [3.63, 3.8) is 0 Å². The molecule has 20 heavy (non-hydrogen) atoms. The molecule has 0 radical (unpaired) electrons. The molecule has 0 saturated heterocycles. The van der Waals surface area contributed by atoms with Gasteiger partial charge in [-0.25, -0.2) is 0 Å². The topological polar surface area (TPSA) is 41.5 Å². The van der Waals surface area contributed by atoms with E-state index in [2.05, 4.69) is 12.2 Å². The van der Waals surface area contributed by atoms with Gasteiger partial charge in [0.1, 0.15) is 18.5 Å². The maximum absolute atomic E-state index is 10.0. The van der Waals surface area contributed by atoms with Crippen LogP contribution in [0.5, 0.6) is 5.75 Å². The van der Waals surface area contributed by atoms with Crippen molar-refractivity contribution >= 4 is 0 Å². The molecule has 2 N–H and O–H groups in total. The zero-order valence-electron chi connectivity index (χ0n) is 12.6. The highest BCUT2D eigenvalue weighted by Gasteiger charge is 2.21. The maximum Gasteiger partial charge on any atom is 0.122 e. The molecule has 1 aromatic carbocycles. The molecule has 0 aliphatic heterocycles. The molecule has 0 bridgehead atoms. The van der Waals surface area contributed by atoms with Crippen LogP contribution < -0.4 is 10.1 Å². The van der Waals surface area contributed by atoms with Gasteiger partial charge in [0, 0.05) is 12.6 Å². The Morgan fingerprint density at radius 1 is 1.30 bits per heavy atom. The maximum atomic E-state index is 10.0. The Hall–Kier alpha value is -1.06. The Labute approximate surface area is 122 Å². The predicted octanol–water partition coefficient (Wildman–Crippen LogP) is 2.90. The van der Waals surface area contributed by atoms with Crippen LogP contribution in [-0.2, 0) is 0 Å². The van der Waals surface area contributed by atoms with E-state index in [1.807, 2.05) is 31.2 Å². The van der Waals surface area contributed by atoms with Crippen LogP contribution in [0.15, 0.2) is 24.3 Å². The van der Waals surface area contributed by atoms with Crippen molar-refractivity contribution in [2.24, 2.45) is 5.92 Å². The Kier molecular flexibility index (Phi) is 5.86. The lowest BCUT2D eigenvalue weighted by atomic mass is 10.00. The first-order chi connectivity index (χ1) is 9.66. The highest BCUT2D eigenvalue weighted by molar-refractivity contribution is 5.31. The highest BCUT2D eigenvalue weighted by Crippen LogP contribution is 2.27. The number of rotatable bonds is 7. The summed E-state index contributed by atoms with van der Waals surface area (Å²) in [6.45, 7) is 5.19. The third kappa shape index (κ3) is 4.50. The summed E-state index contributed by atoms with van der Waals surface area (Å²) in [5.74, 6) is 1.63. The smallest absolute Gasteiger partial charge is 0.122 e. The monoisotopic (exact) mass is 277 g/mol. The van der Waals surface area contributed by atoms with Crippen LogP contribution in [0.25, 0.3) is 0 Å². The molecule has 1 aliphatic carbocycles. The second kappa shape index (κ2) is 7.65. The Bertz CT molecular complexity index is 402. The molecule has 0 spiro atoms. The van der Waals surface area contributed by atoms with Gasteiger partial charge >= 0.3 is 0 Å². The molecule has 1 saturated carbocycles. The Balaban J connectivity index is 1.67. The summed E-state index contributed by atoms with van der Waals surface area (Å²) in [6.07, 6.45) is 4.90. The molecule has 2 rings (SSSR count). The lowest BCUT2D eigenvalue weighted by Gasteiger charge is -2.22. The van der Waals surface area contributed by atoms with Crippen LogP contribution in [0.1, 0.15) is 38.2 Å². The first kappa shape index (κ1) is 15.3. The van der Waals surface area contributed by atoms with E-state index < -0.39 is 6.10 Å². The van der Waals surface area contributed by atoms with E-state index in [1.165, 1.54) is 25.7 Å². The van der Waals surface area contributed by atoms with Crippen LogP contribution in [-0.4, -0.2) is 30.4 Å². The fraction of sp³-hybridized carbons (Fsp3) is 0.647. The number of aliphatic hydroxyl groups excluding tert-OH is 1. The van der Waals surface area contributed by atoms with Gasteiger partial charge < -0.3 is 15.2 Å². The zero-order valence-corrected chi connectivity index (χ0v) is 12.6. The van der Waals surface area contributed by atoms with Gasteiger partial charge in [-0.2, -0.15) is 0 Å². The molecule has 1 aliphatic rings. The normalized spacial score (nSPS) is 18.9. The minimum absolute atomic E-state index is 0.342. The van der Waals surface area contributed by atoms with E-state index in [9.17, 15) is 5.11 Å². The Morgan fingerprint density at radius 3 is 2.70 bits per heavy atom. The molecule has 2 atom stereocenters. The second-order valence-corrected chi connectivity index (χ2v) is 5.97. The summed E-state index contributed by atoms with van der Waals surface area (Å²) in [6, 6.07) is 8.39. The molecular formula is C17H27NO2. The van der Waals surface area contributed by atoms with Crippen LogP contribution in [0.2, 0.25) is 0 Å². The molecule has 3 nitrogen and oxygen atoms in total. The van der Waals surface area contributed by atoms with Crippen LogP contribution in [0.4, 0.5) is 0 Å². The summed E-state index contributed by atoms with van der Waals surface area (Å²) >= 11 is 0. The third-order valence-electron chi connectivity index (χ3n) is 4.31. The zero-order chi connectivity index (χ0) is 14.4. The number of aliphatic hydroxyl groups is 1.